The number of carbonyl (C=O) groups excluding carboxylic acids is 2. The molecule has 0 N–H and O–H groups in total. The van der Waals surface area contributed by atoms with Crippen LogP contribution in [0.1, 0.15) is 143 Å². The van der Waals surface area contributed by atoms with Crippen LogP contribution in [0.5, 0.6) is 0 Å². The van der Waals surface area contributed by atoms with Crippen LogP contribution in [0, 0.1) is 0 Å². The van der Waals surface area contributed by atoms with Crippen LogP contribution in [0.25, 0.3) is 0 Å². The van der Waals surface area contributed by atoms with Crippen LogP contribution in [0.2, 0.25) is 0 Å². The maximum absolute atomic E-state index is 12.3. The van der Waals surface area contributed by atoms with Crippen molar-refractivity contribution in [1.29, 1.82) is 0 Å². The third-order valence-corrected chi connectivity index (χ3v) is 7.54. The van der Waals surface area contributed by atoms with Crippen LogP contribution in [-0.4, -0.2) is 21.9 Å². The Morgan fingerprint density at radius 1 is 0.562 bits per heavy atom. The maximum Gasteiger partial charge on any atom is 0.271 e. The van der Waals surface area contributed by atoms with E-state index >= 15 is 0 Å². The first-order valence-electron chi connectivity index (χ1n) is 13.4. The molecule has 32 heavy (non-hydrogen) atoms. The third kappa shape index (κ3) is 10.1. The number of unbranched alkanes of at least 4 members (excludes halogenated alkanes) is 17. The number of benzene rings is 1. The van der Waals surface area contributed by atoms with Crippen LogP contribution >= 0.6 is 11.9 Å². The van der Waals surface area contributed by atoms with Gasteiger partial charge in [-0.3, -0.25) is 9.59 Å². The van der Waals surface area contributed by atoms with E-state index in [1.807, 2.05) is 12.1 Å². The van der Waals surface area contributed by atoms with Crippen LogP contribution in [0.3, 0.4) is 0 Å². The number of hydrogen-bond acceptors (Lipinski definition) is 3. The fourth-order valence-corrected chi connectivity index (χ4v) is 5.39. The van der Waals surface area contributed by atoms with E-state index in [2.05, 4.69) is 6.92 Å². The first kappa shape index (κ1) is 27.0. The Bertz CT molecular complexity index is 626. The molecule has 0 spiro atoms. The lowest BCUT2D eigenvalue weighted by molar-refractivity contribution is 0.0777. The molecule has 2 rings (SSSR count). The summed E-state index contributed by atoms with van der Waals surface area (Å²) >= 11 is 1.38. The Kier molecular flexibility index (Phi) is 14.5. The first-order chi connectivity index (χ1) is 15.8. The minimum absolute atomic E-state index is 0.155. The van der Waals surface area contributed by atoms with E-state index in [9.17, 15) is 9.59 Å². The lowest BCUT2D eigenvalue weighted by atomic mass is 10.0. The summed E-state index contributed by atoms with van der Waals surface area (Å²) in [5, 5.41) is 0. The van der Waals surface area contributed by atoms with Crippen molar-refractivity contribution < 1.29 is 9.59 Å². The SMILES string of the molecule is CCCCCCCCCCCCCCCCCCCCSN1C(=O)c2ccccc2C1=O. The number of fused-ring (bicyclic) bond motifs is 1. The molecule has 180 valence electrons. The summed E-state index contributed by atoms with van der Waals surface area (Å²) < 4.78 is 1.35. The van der Waals surface area contributed by atoms with Gasteiger partial charge in [0.2, 0.25) is 0 Å². The van der Waals surface area contributed by atoms with Gasteiger partial charge in [-0.25, -0.2) is 4.31 Å². The van der Waals surface area contributed by atoms with E-state index in [0.717, 1.165) is 12.2 Å². The van der Waals surface area contributed by atoms with Crippen molar-refractivity contribution in [1.82, 2.24) is 4.31 Å². The predicted molar refractivity (Wildman–Crippen MR) is 138 cm³/mol. The molecular formula is C28H45NO2S. The summed E-state index contributed by atoms with van der Waals surface area (Å²) in [7, 11) is 0. The van der Waals surface area contributed by atoms with E-state index < -0.39 is 0 Å². The van der Waals surface area contributed by atoms with Crippen LogP contribution in [0.15, 0.2) is 24.3 Å². The van der Waals surface area contributed by atoms with Crippen molar-refractivity contribution >= 4 is 23.8 Å². The highest BCUT2D eigenvalue weighted by molar-refractivity contribution is 7.98. The lowest BCUT2D eigenvalue weighted by Gasteiger charge is -2.11. The Morgan fingerprint density at radius 2 is 0.906 bits per heavy atom. The van der Waals surface area contributed by atoms with Gasteiger partial charge in [0.05, 0.1) is 11.1 Å². The monoisotopic (exact) mass is 459 g/mol. The van der Waals surface area contributed by atoms with E-state index in [1.165, 1.54) is 125 Å². The zero-order valence-corrected chi connectivity index (χ0v) is 21.2. The summed E-state index contributed by atoms with van der Waals surface area (Å²) in [6, 6.07) is 7.12. The smallest absolute Gasteiger partial charge is 0.268 e. The molecule has 1 heterocycles. The summed E-state index contributed by atoms with van der Waals surface area (Å²) in [4.78, 5) is 24.6. The fourth-order valence-electron chi connectivity index (χ4n) is 4.44. The van der Waals surface area contributed by atoms with Crippen molar-refractivity contribution in [3.05, 3.63) is 35.4 Å². The van der Waals surface area contributed by atoms with Gasteiger partial charge in [-0.1, -0.05) is 128 Å². The van der Waals surface area contributed by atoms with Crippen LogP contribution in [-0.2, 0) is 0 Å². The zero-order valence-electron chi connectivity index (χ0n) is 20.4. The topological polar surface area (TPSA) is 37.4 Å². The second-order valence-electron chi connectivity index (χ2n) is 9.29. The number of amides is 2. The largest absolute Gasteiger partial charge is 0.271 e. The predicted octanol–water partition coefficient (Wildman–Crippen LogP) is 8.97. The number of nitrogens with zero attached hydrogens (tertiary/aromatic N) is 1. The molecule has 0 aliphatic carbocycles. The molecule has 0 unspecified atom stereocenters. The minimum Gasteiger partial charge on any atom is -0.268 e. The van der Waals surface area contributed by atoms with Gasteiger partial charge in [-0.05, 0) is 30.5 Å². The molecule has 0 fully saturated rings. The molecule has 4 heteroatoms. The van der Waals surface area contributed by atoms with Crippen LogP contribution in [0.4, 0.5) is 0 Å². The van der Waals surface area contributed by atoms with Gasteiger partial charge in [-0.2, -0.15) is 0 Å². The molecule has 1 aliphatic rings. The van der Waals surface area contributed by atoms with Gasteiger partial charge < -0.3 is 0 Å². The highest BCUT2D eigenvalue weighted by Crippen LogP contribution is 2.28. The standard InChI is InChI=1S/C28H45NO2S/c1-2-3-4-5-6-7-8-9-10-11-12-13-14-15-16-17-18-21-24-32-29-27(30)25-22-19-20-23-26(25)28(29)31/h19-20,22-23H,2-18,21,24H2,1H3. The Labute approximate surface area is 201 Å². The van der Waals surface area contributed by atoms with Crippen molar-refractivity contribution in [2.75, 3.05) is 5.75 Å². The van der Waals surface area contributed by atoms with Crippen LogP contribution < -0.4 is 0 Å². The third-order valence-electron chi connectivity index (χ3n) is 6.48. The van der Waals surface area contributed by atoms with Gasteiger partial charge in [-0.15, -0.1) is 0 Å². The number of imide groups is 1. The summed E-state index contributed by atoms with van der Waals surface area (Å²) in [6.07, 6.45) is 24.6. The summed E-state index contributed by atoms with van der Waals surface area (Å²) in [6.45, 7) is 2.28. The average molecular weight is 460 g/mol. The first-order valence-corrected chi connectivity index (χ1v) is 14.3. The lowest BCUT2D eigenvalue weighted by Crippen LogP contribution is -2.22. The molecular weight excluding hydrogens is 414 g/mol. The van der Waals surface area contributed by atoms with E-state index in [0.29, 0.717) is 11.1 Å². The highest BCUT2D eigenvalue weighted by Gasteiger charge is 2.35. The molecule has 2 amide bonds. The second kappa shape index (κ2) is 17.2. The van der Waals surface area contributed by atoms with Gasteiger partial charge in [0, 0.05) is 5.75 Å². The number of hydrogen-bond donors (Lipinski definition) is 0. The molecule has 1 aromatic carbocycles. The quantitative estimate of drug-likeness (QED) is 0.111. The van der Waals surface area contributed by atoms with E-state index in [-0.39, 0.29) is 11.8 Å². The number of rotatable bonds is 20. The molecule has 3 nitrogen and oxygen atoms in total. The Morgan fingerprint density at radius 3 is 1.28 bits per heavy atom. The van der Waals surface area contributed by atoms with Crippen molar-refractivity contribution in [2.45, 2.75) is 122 Å². The Balaban J connectivity index is 1.32. The normalized spacial score (nSPS) is 13.2. The van der Waals surface area contributed by atoms with Gasteiger partial charge in [0.15, 0.2) is 0 Å². The molecule has 0 saturated carbocycles. The molecule has 0 atom stereocenters. The molecule has 1 aromatic rings. The van der Waals surface area contributed by atoms with Gasteiger partial charge >= 0.3 is 0 Å². The molecule has 0 bridgehead atoms. The highest BCUT2D eigenvalue weighted by atomic mass is 32.2. The van der Waals surface area contributed by atoms with Crippen molar-refractivity contribution in [2.24, 2.45) is 0 Å². The average Bonchev–Trinajstić information content (AvgIpc) is 3.05. The van der Waals surface area contributed by atoms with Gasteiger partial charge in [0.1, 0.15) is 0 Å². The summed E-state index contributed by atoms with van der Waals surface area (Å²) in [5.74, 6) is 0.528. The van der Waals surface area contributed by atoms with Crippen molar-refractivity contribution in [3.63, 3.8) is 0 Å². The fraction of sp³-hybridized carbons (Fsp3) is 0.714. The number of carbonyl (C=O) groups is 2. The zero-order chi connectivity index (χ0) is 22.9. The van der Waals surface area contributed by atoms with Gasteiger partial charge in [0.25, 0.3) is 11.8 Å². The molecule has 0 aromatic heterocycles. The molecule has 0 radical (unpaired) electrons. The Hall–Kier alpha value is -1.29. The second-order valence-corrected chi connectivity index (χ2v) is 10.3. The summed E-state index contributed by atoms with van der Waals surface area (Å²) in [5.41, 5.74) is 1.09. The maximum atomic E-state index is 12.3. The van der Waals surface area contributed by atoms with E-state index in [1.54, 1.807) is 12.1 Å². The minimum atomic E-state index is -0.155. The molecule has 0 saturated heterocycles. The van der Waals surface area contributed by atoms with Crippen molar-refractivity contribution in [3.8, 4) is 0 Å². The van der Waals surface area contributed by atoms with E-state index in [4.69, 9.17) is 0 Å². The molecule has 1 aliphatic heterocycles.